The molecule has 3 N–H and O–H groups in total. The minimum atomic E-state index is 0.274. The number of piperidine rings is 1. The number of aromatic nitrogens is 3. The Morgan fingerprint density at radius 3 is 2.74 bits per heavy atom. The Hall–Kier alpha value is -1.63. The smallest absolute Gasteiger partial charge is 0.231 e. The minimum absolute atomic E-state index is 0.274. The SMILES string of the molecule is Nc1nc(NC2CCOC2)nc(N2CCCCC2)n1. The van der Waals surface area contributed by atoms with Crippen LogP contribution in [0.2, 0.25) is 0 Å². The van der Waals surface area contributed by atoms with Crippen LogP contribution in [0.5, 0.6) is 0 Å². The first kappa shape index (κ1) is 12.4. The van der Waals surface area contributed by atoms with Crippen molar-refractivity contribution >= 4 is 17.8 Å². The van der Waals surface area contributed by atoms with Gasteiger partial charge in [-0.3, -0.25) is 0 Å². The Morgan fingerprint density at radius 2 is 2.00 bits per heavy atom. The summed E-state index contributed by atoms with van der Waals surface area (Å²) in [7, 11) is 0. The van der Waals surface area contributed by atoms with Gasteiger partial charge in [0, 0.05) is 19.7 Å². The van der Waals surface area contributed by atoms with Crippen molar-refractivity contribution in [3.05, 3.63) is 0 Å². The highest BCUT2D eigenvalue weighted by Gasteiger charge is 2.19. The zero-order valence-electron chi connectivity index (χ0n) is 11.0. The molecule has 7 heteroatoms. The highest BCUT2D eigenvalue weighted by Crippen LogP contribution is 2.18. The van der Waals surface area contributed by atoms with E-state index >= 15 is 0 Å². The van der Waals surface area contributed by atoms with Gasteiger partial charge < -0.3 is 20.7 Å². The molecule has 0 saturated carbocycles. The third-order valence-corrected chi connectivity index (χ3v) is 3.54. The summed E-state index contributed by atoms with van der Waals surface area (Å²) in [5.41, 5.74) is 5.78. The Labute approximate surface area is 112 Å². The van der Waals surface area contributed by atoms with Crippen molar-refractivity contribution in [1.82, 2.24) is 15.0 Å². The number of anilines is 3. The van der Waals surface area contributed by atoms with Crippen LogP contribution in [0, 0.1) is 0 Å². The average molecular weight is 264 g/mol. The Morgan fingerprint density at radius 1 is 1.16 bits per heavy atom. The van der Waals surface area contributed by atoms with Gasteiger partial charge >= 0.3 is 0 Å². The largest absolute Gasteiger partial charge is 0.379 e. The van der Waals surface area contributed by atoms with E-state index in [0.29, 0.717) is 18.5 Å². The van der Waals surface area contributed by atoms with E-state index in [2.05, 4.69) is 25.2 Å². The number of ether oxygens (including phenoxy) is 1. The molecule has 1 atom stereocenters. The molecule has 19 heavy (non-hydrogen) atoms. The lowest BCUT2D eigenvalue weighted by atomic mass is 10.1. The zero-order chi connectivity index (χ0) is 13.1. The number of rotatable bonds is 3. The van der Waals surface area contributed by atoms with Gasteiger partial charge in [0.05, 0.1) is 12.6 Å². The first-order valence-corrected chi connectivity index (χ1v) is 6.92. The van der Waals surface area contributed by atoms with Gasteiger partial charge in [0.1, 0.15) is 0 Å². The molecule has 0 amide bonds. The van der Waals surface area contributed by atoms with Crippen molar-refractivity contribution in [2.45, 2.75) is 31.7 Å². The molecule has 0 radical (unpaired) electrons. The quantitative estimate of drug-likeness (QED) is 0.828. The highest BCUT2D eigenvalue weighted by molar-refractivity contribution is 5.42. The second-order valence-electron chi connectivity index (χ2n) is 5.07. The second-order valence-corrected chi connectivity index (χ2v) is 5.07. The third-order valence-electron chi connectivity index (χ3n) is 3.54. The summed E-state index contributed by atoms with van der Waals surface area (Å²) in [6.45, 7) is 3.48. The lowest BCUT2D eigenvalue weighted by Gasteiger charge is -2.26. The van der Waals surface area contributed by atoms with Crippen LogP contribution in [0.3, 0.4) is 0 Å². The molecule has 0 aliphatic carbocycles. The molecule has 104 valence electrons. The molecule has 0 aromatic carbocycles. The Bertz CT molecular complexity index is 428. The van der Waals surface area contributed by atoms with Crippen LogP contribution in [0.15, 0.2) is 0 Å². The van der Waals surface area contributed by atoms with Gasteiger partial charge in [-0.2, -0.15) is 15.0 Å². The average Bonchev–Trinajstić information content (AvgIpc) is 2.92. The summed E-state index contributed by atoms with van der Waals surface area (Å²) in [5, 5.41) is 3.27. The molecule has 7 nitrogen and oxygen atoms in total. The maximum absolute atomic E-state index is 5.78. The van der Waals surface area contributed by atoms with Crippen LogP contribution >= 0.6 is 0 Å². The summed E-state index contributed by atoms with van der Waals surface area (Å²) >= 11 is 0. The number of nitrogens with two attached hydrogens (primary N) is 1. The third kappa shape index (κ3) is 3.04. The van der Waals surface area contributed by atoms with Crippen molar-refractivity contribution in [2.75, 3.05) is 42.3 Å². The Balaban J connectivity index is 1.74. The van der Waals surface area contributed by atoms with Crippen LogP contribution < -0.4 is 16.0 Å². The summed E-state index contributed by atoms with van der Waals surface area (Å²) in [6, 6.07) is 0.274. The summed E-state index contributed by atoms with van der Waals surface area (Å²) in [4.78, 5) is 15.1. The summed E-state index contributed by atoms with van der Waals surface area (Å²) in [6.07, 6.45) is 4.63. The Kier molecular flexibility index (Phi) is 3.63. The molecule has 0 spiro atoms. The van der Waals surface area contributed by atoms with Crippen molar-refractivity contribution in [3.63, 3.8) is 0 Å². The van der Waals surface area contributed by atoms with Gasteiger partial charge in [-0.25, -0.2) is 0 Å². The standard InChI is InChI=1S/C12H20N6O/c13-10-15-11(14-9-4-7-19-8-9)17-12(16-10)18-5-2-1-3-6-18/h9H,1-8H2,(H3,13,14,15,16,17). The molecule has 2 aliphatic heterocycles. The molecule has 2 saturated heterocycles. The van der Waals surface area contributed by atoms with E-state index in [9.17, 15) is 0 Å². The van der Waals surface area contributed by atoms with Crippen LogP contribution in [-0.2, 0) is 4.74 Å². The van der Waals surface area contributed by atoms with Crippen LogP contribution in [0.4, 0.5) is 17.8 Å². The molecule has 1 aromatic rings. The van der Waals surface area contributed by atoms with E-state index in [0.717, 1.165) is 26.1 Å². The fourth-order valence-electron chi connectivity index (χ4n) is 2.51. The molecule has 3 rings (SSSR count). The van der Waals surface area contributed by atoms with Crippen LogP contribution in [0.25, 0.3) is 0 Å². The van der Waals surface area contributed by atoms with E-state index in [4.69, 9.17) is 10.5 Å². The molecule has 1 unspecified atom stereocenters. The van der Waals surface area contributed by atoms with Crippen molar-refractivity contribution in [1.29, 1.82) is 0 Å². The van der Waals surface area contributed by atoms with E-state index in [1.54, 1.807) is 0 Å². The number of hydrogen-bond acceptors (Lipinski definition) is 7. The first-order valence-electron chi connectivity index (χ1n) is 6.92. The fourth-order valence-corrected chi connectivity index (χ4v) is 2.51. The van der Waals surface area contributed by atoms with E-state index in [1.165, 1.54) is 19.3 Å². The maximum atomic E-state index is 5.78. The van der Waals surface area contributed by atoms with E-state index < -0.39 is 0 Å². The van der Waals surface area contributed by atoms with Crippen LogP contribution in [-0.4, -0.2) is 47.3 Å². The van der Waals surface area contributed by atoms with Gasteiger partial charge in [0.15, 0.2) is 0 Å². The van der Waals surface area contributed by atoms with Gasteiger partial charge in [0.25, 0.3) is 0 Å². The molecule has 3 heterocycles. The molecular formula is C12H20N6O. The molecular weight excluding hydrogens is 244 g/mol. The number of nitrogen functional groups attached to an aromatic ring is 1. The number of hydrogen-bond donors (Lipinski definition) is 2. The van der Waals surface area contributed by atoms with Crippen molar-refractivity contribution in [3.8, 4) is 0 Å². The lowest BCUT2D eigenvalue weighted by molar-refractivity contribution is 0.195. The highest BCUT2D eigenvalue weighted by atomic mass is 16.5. The monoisotopic (exact) mass is 264 g/mol. The topological polar surface area (TPSA) is 89.2 Å². The number of nitrogens with one attached hydrogen (secondary N) is 1. The van der Waals surface area contributed by atoms with Crippen molar-refractivity contribution < 1.29 is 4.74 Å². The fraction of sp³-hybridized carbons (Fsp3) is 0.750. The molecule has 0 bridgehead atoms. The summed E-state index contributed by atoms with van der Waals surface area (Å²) in [5.74, 6) is 1.52. The second kappa shape index (κ2) is 5.56. The predicted octanol–water partition coefficient (Wildman–Crippen LogP) is 0.645. The van der Waals surface area contributed by atoms with E-state index in [-0.39, 0.29) is 12.0 Å². The minimum Gasteiger partial charge on any atom is -0.379 e. The summed E-state index contributed by atoms with van der Waals surface area (Å²) < 4.78 is 5.33. The lowest BCUT2D eigenvalue weighted by Crippen LogP contribution is -2.32. The van der Waals surface area contributed by atoms with Gasteiger partial charge in [0.2, 0.25) is 17.8 Å². The maximum Gasteiger partial charge on any atom is 0.231 e. The van der Waals surface area contributed by atoms with Gasteiger partial charge in [-0.1, -0.05) is 0 Å². The van der Waals surface area contributed by atoms with Crippen molar-refractivity contribution in [2.24, 2.45) is 0 Å². The number of nitrogens with zero attached hydrogens (tertiary/aromatic N) is 4. The first-order chi connectivity index (χ1) is 9.31. The molecule has 1 aromatic heterocycles. The molecule has 2 fully saturated rings. The van der Waals surface area contributed by atoms with Gasteiger partial charge in [-0.15, -0.1) is 0 Å². The van der Waals surface area contributed by atoms with Crippen LogP contribution in [0.1, 0.15) is 25.7 Å². The molecule has 2 aliphatic rings. The normalized spacial score (nSPS) is 23.6. The predicted molar refractivity (Wildman–Crippen MR) is 73.2 cm³/mol. The van der Waals surface area contributed by atoms with E-state index in [1.807, 2.05) is 0 Å². The van der Waals surface area contributed by atoms with Gasteiger partial charge in [-0.05, 0) is 25.7 Å². The zero-order valence-corrected chi connectivity index (χ0v) is 11.0.